The molecule has 0 radical (unpaired) electrons. The zero-order valence-electron chi connectivity index (χ0n) is 24.3. The Balaban J connectivity index is 1.48. The number of unbranched alkanes of at least 4 members (excludes halogenated alkanes) is 1. The Morgan fingerprint density at radius 2 is 1.82 bits per heavy atom. The lowest BCUT2D eigenvalue weighted by molar-refractivity contribution is 0.101. The molecular formula is C28H40N10O. The van der Waals surface area contributed by atoms with E-state index in [1.54, 1.807) is 22.6 Å². The summed E-state index contributed by atoms with van der Waals surface area (Å²) in [5, 5.41) is 19.7. The predicted octanol–water partition coefficient (Wildman–Crippen LogP) is 4.45. The van der Waals surface area contributed by atoms with Crippen LogP contribution in [0.4, 0.5) is 23.1 Å². The molecule has 0 aliphatic carbocycles. The van der Waals surface area contributed by atoms with Crippen LogP contribution in [-0.2, 0) is 19.5 Å². The molecule has 3 N–H and O–H groups in total. The van der Waals surface area contributed by atoms with Crippen molar-refractivity contribution in [1.29, 1.82) is 0 Å². The number of hydrogen-bond donors (Lipinski definition) is 3. The van der Waals surface area contributed by atoms with Crippen LogP contribution in [0.2, 0.25) is 0 Å². The highest BCUT2D eigenvalue weighted by Gasteiger charge is 2.22. The fourth-order valence-corrected chi connectivity index (χ4v) is 4.17. The smallest absolute Gasteiger partial charge is 0.273 e. The molecule has 0 aliphatic rings. The average molecular weight is 533 g/mol. The van der Waals surface area contributed by atoms with E-state index in [1.807, 2.05) is 38.2 Å². The highest BCUT2D eigenvalue weighted by molar-refractivity contribution is 6.03. The third-order valence-corrected chi connectivity index (χ3v) is 6.52. The number of nitrogens with one attached hydrogen (secondary N) is 3. The van der Waals surface area contributed by atoms with Crippen LogP contribution in [0.15, 0.2) is 30.5 Å². The Morgan fingerprint density at radius 1 is 1.05 bits per heavy atom. The summed E-state index contributed by atoms with van der Waals surface area (Å²) >= 11 is 0. The maximum absolute atomic E-state index is 13.0. The van der Waals surface area contributed by atoms with Crippen LogP contribution in [0.25, 0.3) is 11.0 Å². The van der Waals surface area contributed by atoms with Gasteiger partial charge in [0.2, 0.25) is 5.95 Å². The summed E-state index contributed by atoms with van der Waals surface area (Å²) in [5.74, 6) is 1.03. The minimum atomic E-state index is -0.214. The van der Waals surface area contributed by atoms with Crippen LogP contribution in [0.1, 0.15) is 55.4 Å². The standard InChI is InChI=1S/C28H40N10O/c1-18-11-12-19(31-26(39)22-16-23(28(2,3)4)34-37(22)7)15-21(18)32-24-20-17-30-27(33-25(20)38(8)35-24)29-13-9-10-14-36(5)6/h11-12,15-17H,9-10,13-14H2,1-8H3,(H,31,39)(H,32,35)(H,29,30,33). The van der Waals surface area contributed by atoms with Crippen LogP contribution in [0.5, 0.6) is 0 Å². The van der Waals surface area contributed by atoms with Gasteiger partial charge >= 0.3 is 0 Å². The summed E-state index contributed by atoms with van der Waals surface area (Å²) in [6.45, 7) is 10.1. The quantitative estimate of drug-likeness (QED) is 0.256. The van der Waals surface area contributed by atoms with E-state index in [2.05, 4.69) is 75.9 Å². The molecule has 39 heavy (non-hydrogen) atoms. The molecule has 4 rings (SSSR count). The van der Waals surface area contributed by atoms with Gasteiger partial charge in [0.25, 0.3) is 5.91 Å². The maximum Gasteiger partial charge on any atom is 0.273 e. The molecule has 4 aromatic rings. The zero-order valence-corrected chi connectivity index (χ0v) is 24.3. The number of carbonyl (C=O) groups is 1. The van der Waals surface area contributed by atoms with Gasteiger partial charge < -0.3 is 20.9 Å². The lowest BCUT2D eigenvalue weighted by Gasteiger charge is -2.13. The fourth-order valence-electron chi connectivity index (χ4n) is 4.17. The molecular weight excluding hydrogens is 492 g/mol. The Morgan fingerprint density at radius 3 is 2.51 bits per heavy atom. The van der Waals surface area contributed by atoms with Crippen molar-refractivity contribution in [1.82, 2.24) is 34.4 Å². The number of carbonyl (C=O) groups excluding carboxylic acids is 1. The lowest BCUT2D eigenvalue weighted by atomic mass is 9.92. The summed E-state index contributed by atoms with van der Waals surface area (Å²) < 4.78 is 3.36. The van der Waals surface area contributed by atoms with E-state index >= 15 is 0 Å². The summed E-state index contributed by atoms with van der Waals surface area (Å²) in [6, 6.07) is 7.59. The Hall–Kier alpha value is -3.99. The van der Waals surface area contributed by atoms with E-state index in [4.69, 9.17) is 0 Å². The number of aromatic nitrogens is 6. The third-order valence-electron chi connectivity index (χ3n) is 6.52. The molecule has 1 amide bonds. The van der Waals surface area contributed by atoms with Gasteiger partial charge in [-0.3, -0.25) is 9.48 Å². The van der Waals surface area contributed by atoms with Crippen molar-refractivity contribution in [3.8, 4) is 0 Å². The lowest BCUT2D eigenvalue weighted by Crippen LogP contribution is -2.16. The Bertz CT molecular complexity index is 1460. The molecule has 0 atom stereocenters. The summed E-state index contributed by atoms with van der Waals surface area (Å²) in [4.78, 5) is 24.4. The van der Waals surface area contributed by atoms with Gasteiger partial charge in [0, 0.05) is 43.6 Å². The summed E-state index contributed by atoms with van der Waals surface area (Å²) in [7, 11) is 7.81. The molecule has 11 nitrogen and oxygen atoms in total. The van der Waals surface area contributed by atoms with Gasteiger partial charge in [-0.05, 0) is 64.2 Å². The highest BCUT2D eigenvalue weighted by Crippen LogP contribution is 2.29. The van der Waals surface area contributed by atoms with Gasteiger partial charge in [0.05, 0.1) is 11.1 Å². The molecule has 208 valence electrons. The zero-order chi connectivity index (χ0) is 28.3. The molecule has 3 heterocycles. The first-order valence-electron chi connectivity index (χ1n) is 13.2. The first-order valence-corrected chi connectivity index (χ1v) is 13.2. The molecule has 3 aromatic heterocycles. The third kappa shape index (κ3) is 6.72. The molecule has 0 fully saturated rings. The van der Waals surface area contributed by atoms with Crippen LogP contribution >= 0.6 is 0 Å². The second-order valence-corrected chi connectivity index (χ2v) is 11.2. The number of aryl methyl sites for hydroxylation is 3. The van der Waals surface area contributed by atoms with Gasteiger partial charge in [-0.15, -0.1) is 0 Å². The summed E-state index contributed by atoms with van der Waals surface area (Å²) in [5.41, 5.74) is 4.48. The number of anilines is 4. The van der Waals surface area contributed by atoms with Crippen molar-refractivity contribution in [3.05, 3.63) is 47.4 Å². The monoisotopic (exact) mass is 532 g/mol. The first kappa shape index (κ1) is 28.0. The minimum absolute atomic E-state index is 0.144. The van der Waals surface area contributed by atoms with Crippen molar-refractivity contribution in [2.75, 3.05) is 43.1 Å². The van der Waals surface area contributed by atoms with Crippen LogP contribution < -0.4 is 16.0 Å². The minimum Gasteiger partial charge on any atom is -0.354 e. The van der Waals surface area contributed by atoms with Gasteiger partial charge in [0.1, 0.15) is 5.69 Å². The average Bonchev–Trinajstić information content (AvgIpc) is 3.40. The van der Waals surface area contributed by atoms with Gasteiger partial charge in [0.15, 0.2) is 11.5 Å². The van der Waals surface area contributed by atoms with Crippen molar-refractivity contribution in [3.63, 3.8) is 0 Å². The number of benzene rings is 1. The predicted molar refractivity (Wildman–Crippen MR) is 157 cm³/mol. The van der Waals surface area contributed by atoms with Crippen LogP contribution in [0.3, 0.4) is 0 Å². The number of hydrogen-bond acceptors (Lipinski definition) is 8. The van der Waals surface area contributed by atoms with E-state index in [0.717, 1.165) is 53.9 Å². The second kappa shape index (κ2) is 11.4. The van der Waals surface area contributed by atoms with Gasteiger partial charge in [-0.25, -0.2) is 9.67 Å². The molecule has 0 saturated carbocycles. The molecule has 11 heteroatoms. The highest BCUT2D eigenvalue weighted by atomic mass is 16.2. The second-order valence-electron chi connectivity index (χ2n) is 11.2. The molecule has 0 saturated heterocycles. The van der Waals surface area contributed by atoms with E-state index in [1.165, 1.54) is 0 Å². The van der Waals surface area contributed by atoms with E-state index in [0.29, 0.717) is 23.1 Å². The molecule has 0 spiro atoms. The van der Waals surface area contributed by atoms with E-state index in [-0.39, 0.29) is 11.3 Å². The normalized spacial score (nSPS) is 11.8. The Kier molecular flexibility index (Phi) is 8.19. The van der Waals surface area contributed by atoms with Crippen LogP contribution in [-0.4, -0.2) is 67.5 Å². The largest absolute Gasteiger partial charge is 0.354 e. The van der Waals surface area contributed by atoms with E-state index < -0.39 is 0 Å². The van der Waals surface area contributed by atoms with Crippen molar-refractivity contribution in [2.45, 2.75) is 46.0 Å². The molecule has 0 unspecified atom stereocenters. The number of nitrogens with zero attached hydrogens (tertiary/aromatic N) is 7. The number of fused-ring (bicyclic) bond motifs is 1. The topological polar surface area (TPSA) is 118 Å². The first-order chi connectivity index (χ1) is 18.4. The summed E-state index contributed by atoms with van der Waals surface area (Å²) in [6.07, 6.45) is 3.94. The number of amides is 1. The molecule has 1 aromatic carbocycles. The number of rotatable bonds is 10. The van der Waals surface area contributed by atoms with Crippen molar-refractivity contribution >= 4 is 40.1 Å². The fraction of sp³-hybridized carbons (Fsp3) is 0.464. The van der Waals surface area contributed by atoms with Crippen molar-refractivity contribution < 1.29 is 4.79 Å². The van der Waals surface area contributed by atoms with Crippen molar-refractivity contribution in [2.24, 2.45) is 14.1 Å². The van der Waals surface area contributed by atoms with Crippen LogP contribution in [0, 0.1) is 6.92 Å². The molecule has 0 bridgehead atoms. The van der Waals surface area contributed by atoms with Gasteiger partial charge in [-0.2, -0.15) is 15.2 Å². The SMILES string of the molecule is Cc1ccc(NC(=O)c2cc(C(C)(C)C)nn2C)cc1Nc1nn(C)c2nc(NCCCCN(C)C)ncc12. The van der Waals surface area contributed by atoms with E-state index in [9.17, 15) is 4.79 Å². The molecule has 0 aliphatic heterocycles. The maximum atomic E-state index is 13.0. The Labute approximate surface area is 230 Å². The van der Waals surface area contributed by atoms with Gasteiger partial charge in [-0.1, -0.05) is 26.8 Å².